The summed E-state index contributed by atoms with van der Waals surface area (Å²) in [6.45, 7) is 5.96. The van der Waals surface area contributed by atoms with Gasteiger partial charge in [0, 0.05) is 57.5 Å². The number of amides is 2. The number of pyridine rings is 1. The van der Waals surface area contributed by atoms with Crippen LogP contribution in [0.1, 0.15) is 26.2 Å². The number of nitrogens with zero attached hydrogens (tertiary/aromatic N) is 6. The van der Waals surface area contributed by atoms with Gasteiger partial charge in [0.05, 0.1) is 18.6 Å². The lowest BCUT2D eigenvalue weighted by molar-refractivity contribution is -0.125. The SMILES string of the molecule is CCn1cnc2c(NC3CCN(C(=O)O[C@H]4CCN(C(=O)/C=C/CN(C)C)C4)CC3)ccnc21. The largest absolute Gasteiger partial charge is 0.444 e. The summed E-state index contributed by atoms with van der Waals surface area (Å²) >= 11 is 0. The van der Waals surface area contributed by atoms with Crippen LogP contribution in [0.5, 0.6) is 0 Å². The molecule has 0 spiro atoms. The van der Waals surface area contributed by atoms with Gasteiger partial charge in [-0.25, -0.2) is 14.8 Å². The zero-order valence-electron chi connectivity index (χ0n) is 20.3. The van der Waals surface area contributed by atoms with Crippen LogP contribution in [0, 0.1) is 0 Å². The van der Waals surface area contributed by atoms with E-state index in [0.717, 1.165) is 42.8 Å². The van der Waals surface area contributed by atoms with Crippen molar-refractivity contribution in [3.05, 3.63) is 30.7 Å². The first-order valence-electron chi connectivity index (χ1n) is 12.1. The molecule has 0 bridgehead atoms. The minimum absolute atomic E-state index is 0.0266. The molecule has 0 aromatic carbocycles. The first kappa shape index (κ1) is 24.0. The number of carbonyl (C=O) groups is 2. The van der Waals surface area contributed by atoms with Crippen molar-refractivity contribution < 1.29 is 14.3 Å². The van der Waals surface area contributed by atoms with Gasteiger partial charge in [-0.05, 0) is 39.9 Å². The highest BCUT2D eigenvalue weighted by Gasteiger charge is 2.31. The Morgan fingerprint density at radius 3 is 2.68 bits per heavy atom. The van der Waals surface area contributed by atoms with E-state index in [1.165, 1.54) is 0 Å². The summed E-state index contributed by atoms with van der Waals surface area (Å²) in [5.41, 5.74) is 2.74. The van der Waals surface area contributed by atoms with E-state index in [2.05, 4.69) is 22.2 Å². The number of fused-ring (bicyclic) bond motifs is 1. The van der Waals surface area contributed by atoms with Crippen LogP contribution in [0.25, 0.3) is 11.2 Å². The van der Waals surface area contributed by atoms with Crippen molar-refractivity contribution in [2.45, 2.75) is 44.9 Å². The maximum Gasteiger partial charge on any atom is 0.410 e. The number of hydrogen-bond acceptors (Lipinski definition) is 7. The van der Waals surface area contributed by atoms with E-state index in [9.17, 15) is 9.59 Å². The molecule has 4 heterocycles. The number of piperidine rings is 1. The van der Waals surface area contributed by atoms with Crippen LogP contribution >= 0.6 is 0 Å². The Bertz CT molecular complexity index is 1030. The number of nitrogens with one attached hydrogen (secondary N) is 1. The van der Waals surface area contributed by atoms with Crippen molar-refractivity contribution in [2.24, 2.45) is 0 Å². The highest BCUT2D eigenvalue weighted by Crippen LogP contribution is 2.24. The number of likely N-dealkylation sites (N-methyl/N-ethyl adjacent to an activating group) is 1. The lowest BCUT2D eigenvalue weighted by Crippen LogP contribution is -2.44. The number of aryl methyl sites for hydroxylation is 1. The highest BCUT2D eigenvalue weighted by atomic mass is 16.6. The van der Waals surface area contributed by atoms with E-state index in [4.69, 9.17) is 4.74 Å². The number of likely N-dealkylation sites (tertiary alicyclic amines) is 2. The maximum atomic E-state index is 12.7. The van der Waals surface area contributed by atoms with E-state index >= 15 is 0 Å². The first-order chi connectivity index (χ1) is 16.4. The van der Waals surface area contributed by atoms with Crippen LogP contribution in [0.3, 0.4) is 0 Å². The van der Waals surface area contributed by atoms with Gasteiger partial charge in [0.1, 0.15) is 11.6 Å². The van der Waals surface area contributed by atoms with Gasteiger partial charge >= 0.3 is 6.09 Å². The Labute approximate surface area is 200 Å². The minimum atomic E-state index is -0.283. The highest BCUT2D eigenvalue weighted by molar-refractivity contribution is 5.88. The quantitative estimate of drug-likeness (QED) is 0.621. The van der Waals surface area contributed by atoms with Gasteiger partial charge in [-0.15, -0.1) is 0 Å². The van der Waals surface area contributed by atoms with Crippen LogP contribution in [-0.2, 0) is 16.1 Å². The standard InChI is InChI=1S/C24H35N7O3/c1-4-29-17-26-22-20(7-11-25-23(22)29)27-18-8-13-30(14-9-18)24(33)34-19-10-15-31(16-19)21(32)6-5-12-28(2)3/h5-7,11,17-19H,4,8-10,12-16H2,1-3H3,(H,25,27)/b6-5+/t19-/m0/s1. The smallest absolute Gasteiger partial charge is 0.410 e. The Balaban J connectivity index is 1.23. The molecule has 0 radical (unpaired) electrons. The molecule has 2 aliphatic heterocycles. The summed E-state index contributed by atoms with van der Waals surface area (Å²) in [5.74, 6) is -0.0266. The monoisotopic (exact) mass is 469 g/mol. The van der Waals surface area contributed by atoms with Crippen LogP contribution in [0.15, 0.2) is 30.7 Å². The number of hydrogen-bond donors (Lipinski definition) is 1. The third-order valence-corrected chi connectivity index (χ3v) is 6.41. The van der Waals surface area contributed by atoms with Crippen LogP contribution in [0.2, 0.25) is 0 Å². The van der Waals surface area contributed by atoms with Crippen molar-refractivity contribution >= 4 is 28.9 Å². The van der Waals surface area contributed by atoms with Crippen molar-refractivity contribution in [2.75, 3.05) is 52.1 Å². The molecule has 10 nitrogen and oxygen atoms in total. The number of aromatic nitrogens is 3. The van der Waals surface area contributed by atoms with Crippen molar-refractivity contribution in [3.8, 4) is 0 Å². The summed E-state index contributed by atoms with van der Waals surface area (Å²) in [4.78, 5) is 39.5. The second-order valence-electron chi connectivity index (χ2n) is 9.21. The molecule has 0 aliphatic carbocycles. The van der Waals surface area contributed by atoms with Crippen LogP contribution < -0.4 is 5.32 Å². The Kier molecular flexibility index (Phi) is 7.66. The average Bonchev–Trinajstić information content (AvgIpc) is 3.47. The van der Waals surface area contributed by atoms with Crippen molar-refractivity contribution in [3.63, 3.8) is 0 Å². The molecule has 2 amide bonds. The van der Waals surface area contributed by atoms with E-state index in [1.807, 2.05) is 42.0 Å². The molecule has 2 aromatic rings. The summed E-state index contributed by atoms with van der Waals surface area (Å²) in [6, 6.07) is 2.22. The Morgan fingerprint density at radius 2 is 1.94 bits per heavy atom. The van der Waals surface area contributed by atoms with E-state index < -0.39 is 0 Å². The van der Waals surface area contributed by atoms with Gasteiger partial charge < -0.3 is 29.3 Å². The average molecular weight is 470 g/mol. The summed E-state index contributed by atoms with van der Waals surface area (Å²) < 4.78 is 7.74. The Morgan fingerprint density at radius 1 is 1.18 bits per heavy atom. The van der Waals surface area contributed by atoms with Gasteiger partial charge in [0.25, 0.3) is 0 Å². The number of carbonyl (C=O) groups excluding carboxylic acids is 2. The fraction of sp³-hybridized carbons (Fsp3) is 0.583. The molecule has 184 valence electrons. The summed E-state index contributed by atoms with van der Waals surface area (Å²) in [5, 5.41) is 3.59. The molecule has 2 saturated heterocycles. The van der Waals surface area contributed by atoms with Crippen molar-refractivity contribution in [1.82, 2.24) is 29.2 Å². The van der Waals surface area contributed by atoms with Gasteiger partial charge in [0.15, 0.2) is 5.65 Å². The van der Waals surface area contributed by atoms with E-state index in [0.29, 0.717) is 32.6 Å². The van der Waals surface area contributed by atoms with Gasteiger partial charge in [-0.2, -0.15) is 0 Å². The summed E-state index contributed by atoms with van der Waals surface area (Å²) in [7, 11) is 3.91. The van der Waals surface area contributed by atoms with Crippen LogP contribution in [0.4, 0.5) is 10.5 Å². The number of rotatable bonds is 7. The molecular formula is C24H35N7O3. The van der Waals surface area contributed by atoms with Gasteiger partial charge in [-0.3, -0.25) is 4.79 Å². The maximum absolute atomic E-state index is 12.7. The lowest BCUT2D eigenvalue weighted by atomic mass is 10.1. The first-order valence-corrected chi connectivity index (χ1v) is 12.1. The zero-order valence-corrected chi connectivity index (χ0v) is 20.3. The van der Waals surface area contributed by atoms with E-state index in [-0.39, 0.29) is 24.1 Å². The van der Waals surface area contributed by atoms with Crippen LogP contribution in [-0.4, -0.2) is 100 Å². The molecule has 34 heavy (non-hydrogen) atoms. The molecule has 1 atom stereocenters. The number of imidazole rings is 1. The molecule has 2 aromatic heterocycles. The van der Waals surface area contributed by atoms with Crippen molar-refractivity contribution in [1.29, 1.82) is 0 Å². The third kappa shape index (κ3) is 5.67. The molecule has 0 unspecified atom stereocenters. The van der Waals surface area contributed by atoms with E-state index in [1.54, 1.807) is 22.1 Å². The summed E-state index contributed by atoms with van der Waals surface area (Å²) in [6.07, 6.45) is 8.90. The molecule has 10 heteroatoms. The topological polar surface area (TPSA) is 95.8 Å². The second-order valence-corrected chi connectivity index (χ2v) is 9.21. The fourth-order valence-electron chi connectivity index (χ4n) is 4.45. The molecule has 0 saturated carbocycles. The predicted molar refractivity (Wildman–Crippen MR) is 131 cm³/mol. The molecule has 1 N–H and O–H groups in total. The minimum Gasteiger partial charge on any atom is -0.444 e. The molecule has 2 aliphatic rings. The number of ether oxygens (including phenoxy) is 1. The number of anilines is 1. The predicted octanol–water partition coefficient (Wildman–Crippen LogP) is 2.18. The normalized spacial score (nSPS) is 19.5. The zero-order chi connectivity index (χ0) is 24.1. The Hall–Kier alpha value is -3.14. The molecular weight excluding hydrogens is 434 g/mol. The third-order valence-electron chi connectivity index (χ3n) is 6.41. The second kappa shape index (κ2) is 10.9. The van der Waals surface area contributed by atoms with Gasteiger partial charge in [-0.1, -0.05) is 6.08 Å². The lowest BCUT2D eigenvalue weighted by Gasteiger charge is -2.32. The molecule has 2 fully saturated rings. The van der Waals surface area contributed by atoms with Gasteiger partial charge in [0.2, 0.25) is 5.91 Å². The fourth-order valence-corrected chi connectivity index (χ4v) is 4.45. The molecule has 4 rings (SSSR count).